The van der Waals surface area contributed by atoms with Crippen LogP contribution in [0.2, 0.25) is 0 Å². The van der Waals surface area contributed by atoms with Gasteiger partial charge in [0.25, 0.3) is 10.0 Å². The van der Waals surface area contributed by atoms with E-state index in [1.165, 1.54) is 24.0 Å². The summed E-state index contributed by atoms with van der Waals surface area (Å²) in [6.45, 7) is 4.25. The number of nitrogens with one attached hydrogen (secondary N) is 1. The van der Waals surface area contributed by atoms with E-state index in [1.807, 2.05) is 30.5 Å². The van der Waals surface area contributed by atoms with E-state index in [2.05, 4.69) is 35.5 Å². The Labute approximate surface area is 235 Å². The van der Waals surface area contributed by atoms with Crippen molar-refractivity contribution in [1.82, 2.24) is 24.8 Å². The second kappa shape index (κ2) is 11.1. The molecule has 2 aromatic carbocycles. The summed E-state index contributed by atoms with van der Waals surface area (Å²) in [4.78, 5) is 22.1. The Bertz CT molecular complexity index is 1820. The first-order valence-electron chi connectivity index (χ1n) is 12.9. The molecule has 1 N–H and O–H groups in total. The highest BCUT2D eigenvalue weighted by Crippen LogP contribution is 2.27. The van der Waals surface area contributed by atoms with Gasteiger partial charge in [0.1, 0.15) is 22.3 Å². The molecule has 41 heavy (non-hydrogen) atoms. The predicted octanol–water partition coefficient (Wildman–Crippen LogP) is 4.49. The molecule has 208 valence electrons. The minimum atomic E-state index is -4.18. The molecule has 1 aliphatic rings. The molecular weight excluding hydrogens is 548 g/mol. The summed E-state index contributed by atoms with van der Waals surface area (Å²) in [5.41, 5.74) is 3.43. The highest BCUT2D eigenvalue weighted by atomic mass is 32.2. The van der Waals surface area contributed by atoms with Crippen LogP contribution in [0.25, 0.3) is 22.2 Å². The van der Waals surface area contributed by atoms with Crippen molar-refractivity contribution >= 4 is 32.6 Å². The third kappa shape index (κ3) is 5.98. The summed E-state index contributed by atoms with van der Waals surface area (Å²) < 4.78 is 55.3. The first-order chi connectivity index (χ1) is 19.8. The van der Waals surface area contributed by atoms with Crippen LogP contribution in [0.3, 0.4) is 0 Å². The summed E-state index contributed by atoms with van der Waals surface area (Å²) in [5.74, 6) is -1.05. The van der Waals surface area contributed by atoms with E-state index in [-0.39, 0.29) is 10.6 Å². The van der Waals surface area contributed by atoms with Gasteiger partial charge in [-0.25, -0.2) is 22.2 Å². The molecule has 6 rings (SSSR count). The van der Waals surface area contributed by atoms with Gasteiger partial charge < -0.3 is 4.90 Å². The van der Waals surface area contributed by atoms with E-state index < -0.39 is 21.7 Å². The molecule has 1 fully saturated rings. The van der Waals surface area contributed by atoms with Gasteiger partial charge in [-0.05, 0) is 47.5 Å². The smallest absolute Gasteiger partial charge is 0.263 e. The van der Waals surface area contributed by atoms with E-state index in [9.17, 15) is 17.2 Å². The second-order valence-corrected chi connectivity index (χ2v) is 11.4. The number of hydrogen-bond donors (Lipinski definition) is 1. The Kier molecular flexibility index (Phi) is 7.25. The Hall–Kier alpha value is -4.55. The minimum Gasteiger partial charge on any atom is -0.353 e. The SMILES string of the molecule is O=S(=O)(Nc1ccc(F)cc1F)c1cncc(-c2ccc3ncc(N4CCN(Cc5cccnc5)CC4)nc3c2)c1. The number of hydrogen-bond acceptors (Lipinski definition) is 8. The van der Waals surface area contributed by atoms with E-state index in [0.29, 0.717) is 28.2 Å². The molecule has 12 heteroatoms. The fourth-order valence-corrected chi connectivity index (χ4v) is 5.77. The number of pyridine rings is 2. The second-order valence-electron chi connectivity index (χ2n) is 9.70. The van der Waals surface area contributed by atoms with Gasteiger partial charge in [-0.3, -0.25) is 24.6 Å². The summed E-state index contributed by atoms with van der Waals surface area (Å²) >= 11 is 0. The zero-order chi connectivity index (χ0) is 28.4. The molecule has 0 saturated carbocycles. The van der Waals surface area contributed by atoms with Gasteiger partial charge in [0.05, 0.1) is 22.9 Å². The summed E-state index contributed by atoms with van der Waals surface area (Å²) in [6.07, 6.45) is 8.14. The number of rotatable bonds is 7. The van der Waals surface area contributed by atoms with Gasteiger partial charge in [0.15, 0.2) is 0 Å². The Morgan fingerprint density at radius 2 is 1.68 bits per heavy atom. The van der Waals surface area contributed by atoms with Crippen molar-refractivity contribution in [2.75, 3.05) is 35.8 Å². The monoisotopic (exact) mass is 573 g/mol. The van der Waals surface area contributed by atoms with Gasteiger partial charge in [-0.2, -0.15) is 0 Å². The first kappa shape index (κ1) is 26.7. The van der Waals surface area contributed by atoms with Crippen molar-refractivity contribution in [3.63, 3.8) is 0 Å². The van der Waals surface area contributed by atoms with Crippen LogP contribution < -0.4 is 9.62 Å². The fourth-order valence-electron chi connectivity index (χ4n) is 4.72. The van der Waals surface area contributed by atoms with E-state index in [0.717, 1.165) is 50.7 Å². The number of aromatic nitrogens is 4. The van der Waals surface area contributed by atoms with Gasteiger partial charge in [-0.1, -0.05) is 12.1 Å². The molecule has 9 nitrogen and oxygen atoms in total. The van der Waals surface area contributed by atoms with Crippen LogP contribution in [-0.4, -0.2) is 59.4 Å². The molecule has 0 amide bonds. The molecule has 0 spiro atoms. The lowest BCUT2D eigenvalue weighted by Gasteiger charge is -2.35. The van der Waals surface area contributed by atoms with Gasteiger partial charge >= 0.3 is 0 Å². The molecule has 0 radical (unpaired) electrons. The fraction of sp³-hybridized carbons (Fsp3) is 0.172. The molecule has 1 saturated heterocycles. The van der Waals surface area contributed by atoms with E-state index in [4.69, 9.17) is 4.98 Å². The number of nitrogens with zero attached hydrogens (tertiary/aromatic N) is 6. The maximum Gasteiger partial charge on any atom is 0.263 e. The van der Waals surface area contributed by atoms with E-state index >= 15 is 0 Å². The van der Waals surface area contributed by atoms with Crippen molar-refractivity contribution in [3.8, 4) is 11.1 Å². The van der Waals surface area contributed by atoms with Crippen LogP contribution in [0.5, 0.6) is 0 Å². The van der Waals surface area contributed by atoms with Crippen LogP contribution in [0.4, 0.5) is 20.3 Å². The van der Waals surface area contributed by atoms with Crippen LogP contribution in [0, 0.1) is 11.6 Å². The Morgan fingerprint density at radius 3 is 2.46 bits per heavy atom. The summed E-state index contributed by atoms with van der Waals surface area (Å²) in [7, 11) is -4.18. The maximum absolute atomic E-state index is 14.1. The molecule has 0 atom stereocenters. The van der Waals surface area contributed by atoms with Crippen molar-refractivity contribution in [1.29, 1.82) is 0 Å². The quantitative estimate of drug-likeness (QED) is 0.304. The normalized spacial score (nSPS) is 14.3. The third-order valence-corrected chi connectivity index (χ3v) is 8.22. The average Bonchev–Trinajstić information content (AvgIpc) is 2.99. The Morgan fingerprint density at radius 1 is 0.829 bits per heavy atom. The molecule has 4 heterocycles. The molecule has 0 unspecified atom stereocenters. The standard InChI is InChI=1S/C29H25F2N7O2S/c30-23-4-6-26(25(31)14-23)36-41(39,40)24-12-22(16-33-17-24)21-3-5-27-28(13-21)35-29(18-34-27)38-10-8-37(9-11-38)19-20-2-1-7-32-15-20/h1-7,12-18,36H,8-11,19H2. The van der Waals surface area contributed by atoms with Crippen LogP contribution in [0.15, 0.2) is 90.5 Å². The molecule has 1 aliphatic heterocycles. The van der Waals surface area contributed by atoms with Crippen molar-refractivity contribution in [2.45, 2.75) is 11.4 Å². The van der Waals surface area contributed by atoms with Crippen molar-refractivity contribution in [3.05, 3.63) is 103 Å². The molecule has 3 aromatic heterocycles. The number of anilines is 2. The Balaban J connectivity index is 1.20. The van der Waals surface area contributed by atoms with Crippen LogP contribution in [-0.2, 0) is 16.6 Å². The molecule has 5 aromatic rings. The largest absolute Gasteiger partial charge is 0.353 e. The van der Waals surface area contributed by atoms with Crippen molar-refractivity contribution in [2.24, 2.45) is 0 Å². The van der Waals surface area contributed by atoms with Gasteiger partial charge in [-0.15, -0.1) is 0 Å². The highest BCUT2D eigenvalue weighted by molar-refractivity contribution is 7.92. The van der Waals surface area contributed by atoms with Gasteiger partial charge in [0, 0.05) is 69.1 Å². The number of fused-ring (bicyclic) bond motifs is 1. The molecule has 0 aliphatic carbocycles. The molecular formula is C29H25F2N7O2S. The topological polar surface area (TPSA) is 104 Å². The lowest BCUT2D eigenvalue weighted by atomic mass is 10.1. The number of sulfonamides is 1. The van der Waals surface area contributed by atoms with Crippen LogP contribution >= 0.6 is 0 Å². The van der Waals surface area contributed by atoms with Crippen molar-refractivity contribution < 1.29 is 17.2 Å². The lowest BCUT2D eigenvalue weighted by molar-refractivity contribution is 0.249. The number of benzene rings is 2. The zero-order valence-corrected chi connectivity index (χ0v) is 22.6. The van der Waals surface area contributed by atoms with Crippen LogP contribution in [0.1, 0.15) is 5.56 Å². The van der Waals surface area contributed by atoms with Gasteiger partial charge in [0.2, 0.25) is 0 Å². The number of piperazine rings is 1. The summed E-state index contributed by atoms with van der Waals surface area (Å²) in [6, 6.07) is 13.5. The summed E-state index contributed by atoms with van der Waals surface area (Å²) in [5, 5.41) is 0. The zero-order valence-electron chi connectivity index (χ0n) is 21.8. The third-order valence-electron chi connectivity index (χ3n) is 6.89. The molecule has 0 bridgehead atoms. The number of halogens is 2. The minimum absolute atomic E-state index is 0.164. The maximum atomic E-state index is 14.1. The first-order valence-corrected chi connectivity index (χ1v) is 14.4. The predicted molar refractivity (Wildman–Crippen MR) is 152 cm³/mol. The average molecular weight is 574 g/mol. The lowest BCUT2D eigenvalue weighted by Crippen LogP contribution is -2.46. The van der Waals surface area contributed by atoms with E-state index in [1.54, 1.807) is 12.4 Å². The highest BCUT2D eigenvalue weighted by Gasteiger charge is 2.20.